The maximum Gasteiger partial charge on any atom is 1.00 e. The third-order valence-electron chi connectivity index (χ3n) is 0. The topological polar surface area (TPSA) is 93.4 Å². The zero-order valence-corrected chi connectivity index (χ0v) is 5.16. The van der Waals surface area contributed by atoms with Crippen molar-refractivity contribution in [1.29, 1.82) is 0 Å². The van der Waals surface area contributed by atoms with Crippen LogP contribution >= 0.6 is 0 Å². The van der Waals surface area contributed by atoms with Crippen molar-refractivity contribution in [3.8, 4) is 0 Å². The van der Waals surface area contributed by atoms with Crippen LogP contribution in [0.2, 0.25) is 0 Å². The Labute approximate surface area is 55.7 Å². The first-order valence-electron chi connectivity index (χ1n) is 0.565. The molecule has 0 aliphatic heterocycles. The quantitative estimate of drug-likeness (QED) is 0.195. The summed E-state index contributed by atoms with van der Waals surface area (Å²) in [5.41, 5.74) is 0. The Hall–Kier alpha value is 0.160. The maximum atomic E-state index is 8.36. The average Bonchev–Trinajstić information content (AvgIpc) is 0.811. The van der Waals surface area contributed by atoms with Crippen molar-refractivity contribution in [2.45, 2.75) is 0 Å². The van der Waals surface area contributed by atoms with E-state index in [0.29, 0.717) is 0 Å². The van der Waals surface area contributed by atoms with Gasteiger partial charge in [-0.15, -0.1) is 10.1 Å². The van der Waals surface area contributed by atoms with Gasteiger partial charge in [-0.05, 0) is 0 Å². The molecule has 0 saturated carbocycles. The summed E-state index contributed by atoms with van der Waals surface area (Å²) in [7, 11) is 0. The number of hydrogen-bond donors (Lipinski definition) is 1. The molecule has 0 radical (unpaired) electrons. The molecule has 0 aromatic carbocycles. The molecule has 0 bridgehead atoms. The smallest absolute Gasteiger partial charge is 0.870 e. The van der Waals surface area contributed by atoms with Crippen molar-refractivity contribution in [1.82, 2.24) is 0 Å². The average molecular weight is 103 g/mol. The predicted molar refractivity (Wildman–Crippen MR) is 10.7 cm³/mol. The molecule has 0 heterocycles. The summed E-state index contributed by atoms with van der Waals surface area (Å²) in [5, 5.41) is 13.6. The van der Waals surface area contributed by atoms with Gasteiger partial charge in [0.2, 0.25) is 0 Å². The summed E-state index contributed by atoms with van der Waals surface area (Å²) < 4.78 is 0. The first-order valence-corrected chi connectivity index (χ1v) is 0.565. The van der Waals surface area contributed by atoms with E-state index in [1.54, 1.807) is 0 Å². The summed E-state index contributed by atoms with van der Waals surface area (Å²) in [6.07, 6.45) is 0. The monoisotopic (exact) mass is 103 g/mol. The fraction of sp³-hybridized carbons (Fsp3) is 0. The van der Waals surface area contributed by atoms with Crippen molar-refractivity contribution in [3.05, 3.63) is 10.1 Å². The molecule has 2 N–H and O–H groups in total. The normalized spacial score (nSPS) is 4.00. The van der Waals surface area contributed by atoms with E-state index in [1.807, 2.05) is 0 Å². The van der Waals surface area contributed by atoms with Crippen LogP contribution < -0.4 is 29.6 Å². The van der Waals surface area contributed by atoms with Crippen molar-refractivity contribution in [2.75, 3.05) is 0 Å². The Kier molecular flexibility index (Phi) is 24.5. The van der Waals surface area contributed by atoms with Crippen molar-refractivity contribution in [2.24, 2.45) is 0 Å². The summed E-state index contributed by atoms with van der Waals surface area (Å²) in [6, 6.07) is 0. The maximum absolute atomic E-state index is 8.36. The second-order valence-corrected chi connectivity index (χ2v) is 0.238. The zero-order chi connectivity index (χ0) is 3.58. The second-order valence-electron chi connectivity index (χ2n) is 0.238. The van der Waals surface area contributed by atoms with E-state index in [2.05, 4.69) is 0 Å². The molecular formula is H2NNaO4. The third kappa shape index (κ3) is 1620. The van der Waals surface area contributed by atoms with Gasteiger partial charge in [0.15, 0.2) is 0 Å². The molecule has 0 fully saturated rings. The Morgan fingerprint density at radius 2 is 1.67 bits per heavy atom. The van der Waals surface area contributed by atoms with Gasteiger partial charge in [0.05, 0.1) is 0 Å². The minimum Gasteiger partial charge on any atom is -0.870 e. The summed E-state index contributed by atoms with van der Waals surface area (Å²) in [4.78, 5) is 8.36. The van der Waals surface area contributed by atoms with E-state index in [4.69, 9.17) is 15.3 Å². The van der Waals surface area contributed by atoms with Gasteiger partial charge in [-0.1, -0.05) is 0 Å². The Bertz CT molecular complexity index is 30.5. The first-order chi connectivity index (χ1) is 1.73. The Morgan fingerprint density at radius 1 is 1.67 bits per heavy atom. The van der Waals surface area contributed by atoms with Crippen LogP contribution in [0.4, 0.5) is 0 Å². The van der Waals surface area contributed by atoms with Gasteiger partial charge in [-0.25, -0.2) is 0 Å². The number of rotatable bonds is 0. The molecule has 0 aromatic heterocycles. The van der Waals surface area contributed by atoms with Crippen molar-refractivity contribution < 1.29 is 45.3 Å². The van der Waals surface area contributed by atoms with Crippen LogP contribution in [0, 0.1) is 10.1 Å². The first kappa shape index (κ1) is 16.4. The van der Waals surface area contributed by atoms with Gasteiger partial charge in [0.25, 0.3) is 5.09 Å². The fourth-order valence-electron chi connectivity index (χ4n) is 0. The Morgan fingerprint density at radius 3 is 1.67 bits per heavy atom. The number of hydrogen-bond acceptors (Lipinski definition) is 3. The van der Waals surface area contributed by atoms with Crippen molar-refractivity contribution >= 4 is 0 Å². The minimum atomic E-state index is -1.50. The van der Waals surface area contributed by atoms with Crippen molar-refractivity contribution in [3.63, 3.8) is 0 Å². The van der Waals surface area contributed by atoms with E-state index >= 15 is 0 Å². The largest absolute Gasteiger partial charge is 1.00 e. The van der Waals surface area contributed by atoms with E-state index in [-0.39, 0.29) is 35.0 Å². The van der Waals surface area contributed by atoms with Crippen LogP contribution in [-0.4, -0.2) is 15.8 Å². The molecule has 6 heteroatoms. The van der Waals surface area contributed by atoms with Gasteiger partial charge < -0.3 is 10.7 Å². The molecule has 0 spiro atoms. The molecule has 0 aromatic rings. The summed E-state index contributed by atoms with van der Waals surface area (Å²) >= 11 is 0. The van der Waals surface area contributed by atoms with E-state index in [9.17, 15) is 0 Å². The molecule has 0 amide bonds. The van der Waals surface area contributed by atoms with Crippen LogP contribution in [0.3, 0.4) is 0 Å². The summed E-state index contributed by atoms with van der Waals surface area (Å²) in [6.45, 7) is 0. The molecule has 0 atom stereocenters. The predicted octanol–water partition coefficient (Wildman–Crippen LogP) is -3.52. The van der Waals surface area contributed by atoms with E-state index in [0.717, 1.165) is 0 Å². The summed E-state index contributed by atoms with van der Waals surface area (Å²) in [5.74, 6) is 0. The zero-order valence-electron chi connectivity index (χ0n) is 3.16. The molecule has 0 aliphatic rings. The molecule has 32 valence electrons. The molecule has 0 unspecified atom stereocenters. The fourth-order valence-corrected chi connectivity index (χ4v) is 0. The molecule has 0 rings (SSSR count). The second kappa shape index (κ2) is 8.94. The standard InChI is InChI=1S/HNO3.Na.H2O/c2-1(3)4;;/h(H,2,3,4);;1H2/q;+1;/p-1. The van der Waals surface area contributed by atoms with Gasteiger partial charge in [-0.3, -0.25) is 0 Å². The third-order valence-corrected chi connectivity index (χ3v) is 0. The van der Waals surface area contributed by atoms with Gasteiger partial charge >= 0.3 is 29.6 Å². The van der Waals surface area contributed by atoms with Gasteiger partial charge in [0, 0.05) is 0 Å². The van der Waals surface area contributed by atoms with Crippen LogP contribution in [0.5, 0.6) is 0 Å². The van der Waals surface area contributed by atoms with Crippen LogP contribution in [0.15, 0.2) is 0 Å². The van der Waals surface area contributed by atoms with Crippen LogP contribution in [0.1, 0.15) is 0 Å². The molecular weight excluding hydrogens is 101 g/mol. The SMILES string of the molecule is O=[N+]([O-])O.[Na+].[OH-]. The Balaban J connectivity index is -0.0000000450. The van der Waals surface area contributed by atoms with Crippen LogP contribution in [-0.2, 0) is 0 Å². The molecule has 6 heavy (non-hydrogen) atoms. The van der Waals surface area contributed by atoms with Crippen LogP contribution in [0.25, 0.3) is 0 Å². The number of nitrogens with zero attached hydrogens (tertiary/aromatic N) is 1. The van der Waals surface area contributed by atoms with E-state index in [1.165, 1.54) is 0 Å². The molecule has 0 aliphatic carbocycles. The molecule has 0 saturated heterocycles. The molecule has 5 nitrogen and oxygen atoms in total. The van der Waals surface area contributed by atoms with Gasteiger partial charge in [-0.2, -0.15) is 0 Å². The van der Waals surface area contributed by atoms with Gasteiger partial charge in [0.1, 0.15) is 0 Å². The minimum absolute atomic E-state index is 0. The van der Waals surface area contributed by atoms with E-state index < -0.39 is 5.09 Å².